The first-order valence-corrected chi connectivity index (χ1v) is 7.03. The Morgan fingerprint density at radius 1 is 0.875 bits per heavy atom. The molecule has 0 aromatic heterocycles. The van der Waals surface area contributed by atoms with E-state index in [4.69, 9.17) is 5.73 Å². The second-order valence-electron chi connectivity index (χ2n) is 5.41. The molecule has 2 N–H and O–H groups in total. The first kappa shape index (κ1) is 12.3. The fraction of sp³-hybridized carbons (Fsp3) is 1.00. The lowest BCUT2D eigenvalue weighted by atomic mass is 9.94. The molecule has 94 valence electrons. The van der Waals surface area contributed by atoms with Gasteiger partial charge in [0, 0.05) is 13.1 Å². The molecule has 0 bridgehead atoms. The molecule has 2 heterocycles. The Kier molecular flexibility index (Phi) is 5.07. The van der Waals surface area contributed by atoms with E-state index in [9.17, 15) is 0 Å². The van der Waals surface area contributed by atoms with Crippen molar-refractivity contribution in [2.24, 2.45) is 11.7 Å². The van der Waals surface area contributed by atoms with Crippen molar-refractivity contribution in [3.63, 3.8) is 0 Å². The highest BCUT2D eigenvalue weighted by atomic mass is 15.2. The first-order chi connectivity index (χ1) is 7.88. The molecule has 0 aromatic rings. The lowest BCUT2D eigenvalue weighted by Crippen LogP contribution is -2.39. The topological polar surface area (TPSA) is 32.5 Å². The van der Waals surface area contributed by atoms with Crippen LogP contribution in [0.1, 0.15) is 32.1 Å². The average molecular weight is 225 g/mol. The van der Waals surface area contributed by atoms with Crippen LogP contribution >= 0.6 is 0 Å². The third kappa shape index (κ3) is 3.72. The molecule has 2 rings (SSSR count). The van der Waals surface area contributed by atoms with Gasteiger partial charge in [0.1, 0.15) is 0 Å². The molecule has 0 saturated carbocycles. The van der Waals surface area contributed by atoms with Crippen LogP contribution in [0.4, 0.5) is 0 Å². The highest BCUT2D eigenvalue weighted by Gasteiger charge is 2.19. The minimum Gasteiger partial charge on any atom is -0.330 e. The molecular formula is C13H27N3. The van der Waals surface area contributed by atoms with Crippen molar-refractivity contribution in [3.8, 4) is 0 Å². The zero-order chi connectivity index (χ0) is 11.2. The highest BCUT2D eigenvalue weighted by Crippen LogP contribution is 2.19. The number of hydrogen-bond donors (Lipinski definition) is 1. The Morgan fingerprint density at radius 3 is 2.00 bits per heavy atom. The third-order valence-electron chi connectivity index (χ3n) is 4.21. The molecule has 3 nitrogen and oxygen atoms in total. The maximum absolute atomic E-state index is 5.62. The second kappa shape index (κ2) is 6.58. The molecule has 2 saturated heterocycles. The Morgan fingerprint density at radius 2 is 1.44 bits per heavy atom. The van der Waals surface area contributed by atoms with Gasteiger partial charge in [-0.1, -0.05) is 0 Å². The summed E-state index contributed by atoms with van der Waals surface area (Å²) in [5, 5.41) is 0. The van der Waals surface area contributed by atoms with Gasteiger partial charge in [0.25, 0.3) is 0 Å². The van der Waals surface area contributed by atoms with Gasteiger partial charge >= 0.3 is 0 Å². The highest BCUT2D eigenvalue weighted by molar-refractivity contribution is 4.74. The molecule has 2 fully saturated rings. The van der Waals surface area contributed by atoms with Crippen molar-refractivity contribution >= 4 is 0 Å². The van der Waals surface area contributed by atoms with E-state index in [0.717, 1.165) is 12.5 Å². The fourth-order valence-corrected chi connectivity index (χ4v) is 3.02. The minimum atomic E-state index is 0.873. The van der Waals surface area contributed by atoms with Crippen LogP contribution in [0, 0.1) is 5.92 Å². The Bertz CT molecular complexity index is 182. The van der Waals surface area contributed by atoms with Gasteiger partial charge in [0.15, 0.2) is 0 Å². The van der Waals surface area contributed by atoms with Gasteiger partial charge in [-0.3, -0.25) is 0 Å². The molecule has 2 aliphatic heterocycles. The predicted molar refractivity (Wildman–Crippen MR) is 68.5 cm³/mol. The van der Waals surface area contributed by atoms with E-state index in [1.165, 1.54) is 71.4 Å². The molecular weight excluding hydrogens is 198 g/mol. The smallest absolute Gasteiger partial charge is 0.0109 e. The molecule has 0 spiro atoms. The van der Waals surface area contributed by atoms with Gasteiger partial charge in [-0.25, -0.2) is 0 Å². The quantitative estimate of drug-likeness (QED) is 0.761. The van der Waals surface area contributed by atoms with Gasteiger partial charge in [-0.05, 0) is 70.7 Å². The number of rotatable bonds is 5. The van der Waals surface area contributed by atoms with Crippen LogP contribution in [-0.4, -0.2) is 55.6 Å². The Hall–Kier alpha value is -0.120. The van der Waals surface area contributed by atoms with Crippen LogP contribution < -0.4 is 5.73 Å². The van der Waals surface area contributed by atoms with Crippen LogP contribution in [0.5, 0.6) is 0 Å². The van der Waals surface area contributed by atoms with Crippen molar-refractivity contribution in [3.05, 3.63) is 0 Å². The standard InChI is InChI=1S/C13H27N3/c14-6-3-13-4-9-16(10-5-13)12-11-15-7-1-2-8-15/h13H,1-12,14H2. The maximum Gasteiger partial charge on any atom is 0.0109 e. The number of nitrogens with zero attached hydrogens (tertiary/aromatic N) is 2. The second-order valence-corrected chi connectivity index (χ2v) is 5.41. The molecule has 0 unspecified atom stereocenters. The van der Waals surface area contributed by atoms with Gasteiger partial charge in [-0.2, -0.15) is 0 Å². The largest absolute Gasteiger partial charge is 0.330 e. The van der Waals surface area contributed by atoms with Gasteiger partial charge < -0.3 is 15.5 Å². The van der Waals surface area contributed by atoms with E-state index in [1.54, 1.807) is 0 Å². The average Bonchev–Trinajstić information content (AvgIpc) is 2.82. The van der Waals surface area contributed by atoms with Crippen molar-refractivity contribution in [1.29, 1.82) is 0 Å². The molecule has 3 heteroatoms. The fourth-order valence-electron chi connectivity index (χ4n) is 3.02. The molecule has 0 aliphatic carbocycles. The summed E-state index contributed by atoms with van der Waals surface area (Å²) in [4.78, 5) is 5.26. The summed E-state index contributed by atoms with van der Waals surface area (Å²) in [7, 11) is 0. The van der Waals surface area contributed by atoms with Crippen LogP contribution in [0.3, 0.4) is 0 Å². The van der Waals surface area contributed by atoms with Crippen molar-refractivity contribution in [2.75, 3.05) is 45.8 Å². The van der Waals surface area contributed by atoms with Crippen LogP contribution in [0.2, 0.25) is 0 Å². The lowest BCUT2D eigenvalue weighted by Gasteiger charge is -2.32. The zero-order valence-electron chi connectivity index (χ0n) is 10.5. The summed E-state index contributed by atoms with van der Waals surface area (Å²) >= 11 is 0. The van der Waals surface area contributed by atoms with E-state index in [2.05, 4.69) is 9.80 Å². The molecule has 0 atom stereocenters. The van der Waals surface area contributed by atoms with E-state index < -0.39 is 0 Å². The SMILES string of the molecule is NCCC1CCN(CCN2CCCC2)CC1. The van der Waals surface area contributed by atoms with Crippen molar-refractivity contribution in [2.45, 2.75) is 32.1 Å². The number of nitrogens with two attached hydrogens (primary N) is 1. The molecule has 2 aliphatic rings. The number of hydrogen-bond acceptors (Lipinski definition) is 3. The molecule has 0 radical (unpaired) electrons. The number of piperidine rings is 1. The molecule has 0 aromatic carbocycles. The summed E-state index contributed by atoms with van der Waals surface area (Å²) in [6, 6.07) is 0. The summed E-state index contributed by atoms with van der Waals surface area (Å²) in [6.45, 7) is 8.74. The summed E-state index contributed by atoms with van der Waals surface area (Å²) in [6.07, 6.45) is 6.81. The first-order valence-electron chi connectivity index (χ1n) is 7.03. The van der Waals surface area contributed by atoms with Crippen LogP contribution in [0.25, 0.3) is 0 Å². The summed E-state index contributed by atoms with van der Waals surface area (Å²) < 4.78 is 0. The van der Waals surface area contributed by atoms with Gasteiger partial charge in [0.2, 0.25) is 0 Å². The minimum absolute atomic E-state index is 0.873. The van der Waals surface area contributed by atoms with Crippen molar-refractivity contribution in [1.82, 2.24) is 9.80 Å². The monoisotopic (exact) mass is 225 g/mol. The summed E-state index contributed by atoms with van der Waals surface area (Å²) in [5.41, 5.74) is 5.62. The Labute approximate surface area is 100.0 Å². The van der Waals surface area contributed by atoms with E-state index in [1.807, 2.05) is 0 Å². The van der Waals surface area contributed by atoms with Gasteiger partial charge in [-0.15, -0.1) is 0 Å². The van der Waals surface area contributed by atoms with E-state index in [0.29, 0.717) is 0 Å². The summed E-state index contributed by atoms with van der Waals surface area (Å²) in [5.74, 6) is 0.910. The van der Waals surface area contributed by atoms with Crippen molar-refractivity contribution < 1.29 is 0 Å². The molecule has 0 amide bonds. The third-order valence-corrected chi connectivity index (χ3v) is 4.21. The molecule has 16 heavy (non-hydrogen) atoms. The maximum atomic E-state index is 5.62. The van der Waals surface area contributed by atoms with Gasteiger partial charge in [0.05, 0.1) is 0 Å². The Balaban J connectivity index is 1.57. The van der Waals surface area contributed by atoms with Crippen LogP contribution in [0.15, 0.2) is 0 Å². The predicted octanol–water partition coefficient (Wildman–Crippen LogP) is 1.14. The van der Waals surface area contributed by atoms with Crippen LogP contribution in [-0.2, 0) is 0 Å². The number of likely N-dealkylation sites (tertiary alicyclic amines) is 2. The normalized spacial score (nSPS) is 25.3. The lowest BCUT2D eigenvalue weighted by molar-refractivity contribution is 0.161. The van der Waals surface area contributed by atoms with E-state index >= 15 is 0 Å². The zero-order valence-corrected chi connectivity index (χ0v) is 10.5. The van der Waals surface area contributed by atoms with E-state index in [-0.39, 0.29) is 0 Å².